The molecule has 32 heavy (non-hydrogen) atoms. The van der Waals surface area contributed by atoms with Gasteiger partial charge in [-0.1, -0.05) is 0 Å². The van der Waals surface area contributed by atoms with Crippen LogP contribution in [-0.4, -0.2) is 36.2 Å². The number of aliphatic hydroxyl groups is 1. The molecule has 0 aromatic heterocycles. The van der Waals surface area contributed by atoms with E-state index >= 15 is 0 Å². The van der Waals surface area contributed by atoms with Gasteiger partial charge in [0.2, 0.25) is 0 Å². The van der Waals surface area contributed by atoms with Gasteiger partial charge in [-0.15, -0.1) is 0 Å². The second kappa shape index (κ2) is 1.09. The first-order valence-electron chi connectivity index (χ1n) is 15.0. The van der Waals surface area contributed by atoms with Crippen molar-refractivity contribution in [1.29, 1.82) is 0 Å². The zero-order valence-corrected chi connectivity index (χ0v) is 20.9. The Balaban J connectivity index is 0.816. The van der Waals surface area contributed by atoms with E-state index in [0.717, 1.165) is 15.0 Å². The van der Waals surface area contributed by atoms with Crippen molar-refractivity contribution in [3.05, 3.63) is 0 Å². The van der Waals surface area contributed by atoms with Gasteiger partial charge in [-0.3, -0.25) is 0 Å². The van der Waals surface area contributed by atoms with Crippen molar-refractivity contribution in [2.75, 3.05) is 26.2 Å². The molecule has 0 aromatic rings. The summed E-state index contributed by atoms with van der Waals surface area (Å²) in [4.78, 5) is 30.8. The van der Waals surface area contributed by atoms with E-state index in [9.17, 15) is 5.11 Å². The van der Waals surface area contributed by atoms with E-state index in [0.29, 0.717) is 6.61 Å². The molecule has 8 atom stereocenters. The van der Waals surface area contributed by atoms with Crippen molar-refractivity contribution in [1.82, 2.24) is 4.90 Å². The summed E-state index contributed by atoms with van der Waals surface area (Å²) in [5, 5.41) is 9.27. The molecule has 20 heterocycles. The summed E-state index contributed by atoms with van der Waals surface area (Å²) in [6, 6.07) is 0. The van der Waals surface area contributed by atoms with Crippen LogP contribution in [0.5, 0.6) is 0 Å². The molecular weight excluding hydrogens is 478 g/mol. The molecule has 20 rings (SSSR count). The van der Waals surface area contributed by atoms with Gasteiger partial charge in [0, 0.05) is 0 Å². The normalized spacial score (nSPS) is 127. The molecule has 20 saturated heterocycles. The predicted molar refractivity (Wildman–Crippen MR) is 115 cm³/mol. The molecule has 0 bridgehead atoms. The molecule has 20 aliphatic heterocycles. The SMILES string of the molecule is OCCCCCCN(C[C]12[CH]3[CH]4[CH]5[CH]1[Fe]45321678[CH]2[CH]1[CH]6[CH]7[CH]28)C[C]12[CH]3[CH]4[CH]5[CH]1[Fe]45321678[CH]2[CH]1[CH]6[CH]7[CH]28. The molecule has 0 radical (unpaired) electrons. The van der Waals surface area contributed by atoms with Gasteiger partial charge in [-0.05, 0) is 0 Å². The summed E-state index contributed by atoms with van der Waals surface area (Å²) in [7, 11) is 0. The van der Waals surface area contributed by atoms with Crippen LogP contribution in [0.4, 0.5) is 0 Å². The molecule has 1 N–H and O–H groups in total. The zero-order chi connectivity index (χ0) is 19.3. The first kappa shape index (κ1) is 12.5. The van der Waals surface area contributed by atoms with Crippen molar-refractivity contribution < 1.29 is 18.1 Å². The second-order valence-corrected chi connectivity index (χ2v) is 69.9. The number of fused-ring (bicyclic) bond motifs is 20. The van der Waals surface area contributed by atoms with Gasteiger partial charge in [0.1, 0.15) is 0 Å². The van der Waals surface area contributed by atoms with E-state index in [4.69, 9.17) is 0 Å². The monoisotopic (exact) mass is 513 g/mol. The molecule has 8 unspecified atom stereocenters. The molecule has 2 nitrogen and oxygen atoms in total. The van der Waals surface area contributed by atoms with Crippen molar-refractivity contribution in [3.63, 3.8) is 0 Å². The third kappa shape index (κ3) is 0.141. The van der Waals surface area contributed by atoms with Crippen LogP contribution < -0.4 is 0 Å². The van der Waals surface area contributed by atoms with E-state index in [1.54, 1.807) is 13.1 Å². The molecule has 0 aliphatic carbocycles. The number of unbranched alkanes of at least 4 members (excludes halogenated alkanes) is 3. The fraction of sp³-hybridized carbons (Fsp3) is 1.00. The molecule has 20 aliphatic rings. The molecule has 0 saturated carbocycles. The summed E-state index contributed by atoms with van der Waals surface area (Å²) in [6.45, 7) is -0.468. The Bertz CT molecular complexity index is 1860. The second-order valence-electron chi connectivity index (χ2n) is 22.5. The van der Waals surface area contributed by atoms with Crippen LogP contribution in [0.3, 0.4) is 0 Å². The number of rotatable bonds is 10. The average Bonchev–Trinajstić information content (AvgIpc) is 3.67. The summed E-state index contributed by atoms with van der Waals surface area (Å²) in [5.41, 5.74) is 0. The van der Waals surface area contributed by atoms with Crippen LogP contribution in [0.25, 0.3) is 0 Å². The molecule has 174 valence electrons. The first-order chi connectivity index (χ1) is 15.2. The first-order valence-corrected chi connectivity index (χ1v) is 27.6. The van der Waals surface area contributed by atoms with Gasteiger partial charge in [-0.25, -0.2) is 0 Å². The summed E-state index contributed by atoms with van der Waals surface area (Å²) in [6.07, 6.45) is 5.21. The maximum absolute atomic E-state index is 9.27. The zero-order valence-electron chi connectivity index (χ0n) is 18.7. The number of hydrogen-bond donors (Lipinski definition) is 1. The van der Waals surface area contributed by atoms with Crippen molar-refractivity contribution in [2.24, 2.45) is 0 Å². The van der Waals surface area contributed by atoms with Crippen LogP contribution in [0.15, 0.2) is 0 Å². The van der Waals surface area contributed by atoms with Crippen LogP contribution in [0.2, 0.25) is 95.3 Å². The van der Waals surface area contributed by atoms with Gasteiger partial charge >= 0.3 is 170 Å². The van der Waals surface area contributed by atoms with Crippen molar-refractivity contribution in [2.45, 2.75) is 121 Å². The van der Waals surface area contributed by atoms with Gasteiger partial charge in [0.15, 0.2) is 0 Å². The third-order valence-electron chi connectivity index (χ3n) is 32.3. The van der Waals surface area contributed by atoms with E-state index in [1.165, 1.54) is 113 Å². The topological polar surface area (TPSA) is 23.5 Å². The Labute approximate surface area is 169 Å². The minimum atomic E-state index is -2.93. The number of nitrogens with zero attached hydrogens (tertiary/aromatic N) is 1. The van der Waals surface area contributed by atoms with Crippen molar-refractivity contribution >= 4 is 0 Å². The predicted octanol–water partition coefficient (Wildman–Crippen LogP) is 7.36. The van der Waals surface area contributed by atoms with Crippen LogP contribution in [0.1, 0.15) is 25.7 Å². The summed E-state index contributed by atoms with van der Waals surface area (Å²) >= 11 is 0. The summed E-state index contributed by atoms with van der Waals surface area (Å²) < 4.78 is 2.27. The Morgan fingerprint density at radius 2 is 0.875 bits per heavy atom. The minimum absolute atomic E-state index is 0.421. The van der Waals surface area contributed by atoms with Crippen LogP contribution >= 0.6 is 0 Å². The van der Waals surface area contributed by atoms with Crippen LogP contribution in [-0.2, 0) is 13.0 Å². The van der Waals surface area contributed by atoms with Gasteiger partial charge < -0.3 is 0 Å². The number of hydrogen-bond acceptors (Lipinski definition) is 2. The third-order valence-corrected chi connectivity index (χ3v) is 118. The summed E-state index contributed by atoms with van der Waals surface area (Å²) in [5.74, 6) is 0. The molecule has 0 amide bonds. The van der Waals surface area contributed by atoms with E-state index < -0.39 is 13.0 Å². The average molecular weight is 513 g/mol. The maximum atomic E-state index is 9.27. The molecular formula is C28H35Fe2NO. The molecule has 20 fully saturated rings. The van der Waals surface area contributed by atoms with Crippen LogP contribution in [0, 0.1) is 0 Å². The Kier molecular flexibility index (Phi) is 0.423. The van der Waals surface area contributed by atoms with Gasteiger partial charge in [0.25, 0.3) is 0 Å². The molecule has 4 heteroatoms. The van der Waals surface area contributed by atoms with E-state index in [-0.39, 0.29) is 0 Å². The Hall–Kier alpha value is 0.959. The quantitative estimate of drug-likeness (QED) is 0.244. The van der Waals surface area contributed by atoms with Gasteiger partial charge in [-0.2, -0.15) is 0 Å². The molecule has 0 aromatic carbocycles. The van der Waals surface area contributed by atoms with Gasteiger partial charge in [0.05, 0.1) is 0 Å². The number of aliphatic hydroxyl groups excluding tert-OH is 1. The fourth-order valence-electron chi connectivity index (χ4n) is 35.9. The van der Waals surface area contributed by atoms with E-state index in [2.05, 4.69) is 4.90 Å². The Morgan fingerprint density at radius 3 is 1.16 bits per heavy atom. The standard InChI is InChI=1S/C18H25NO.2C5H5.2Fe/c20-14-8-2-1-7-13-19(15-17-9-3-4-10-17)16-18-11-5-6-12-18;2*1-2-4-5-3-1;;/h3-6,9-12,20H,1-2,7-8,13-16H2;2*1-5H;;. The molecule has 2 spiro atoms. The Morgan fingerprint density at radius 1 is 0.500 bits per heavy atom. The van der Waals surface area contributed by atoms with E-state index in [1.807, 2.05) is 0 Å². The van der Waals surface area contributed by atoms with Crippen molar-refractivity contribution in [3.8, 4) is 0 Å². The fourth-order valence-corrected chi connectivity index (χ4v) is 185.